The van der Waals surface area contributed by atoms with Gasteiger partial charge in [-0.15, -0.1) is 0 Å². The Labute approximate surface area is 165 Å². The van der Waals surface area contributed by atoms with Crippen molar-refractivity contribution in [2.45, 2.75) is 0 Å². The first-order valence-corrected chi connectivity index (χ1v) is 8.92. The summed E-state index contributed by atoms with van der Waals surface area (Å²) in [6.45, 7) is 1.70. The summed E-state index contributed by atoms with van der Waals surface area (Å²) < 4.78 is 11.0. The van der Waals surface area contributed by atoms with Gasteiger partial charge in [0.2, 0.25) is 11.6 Å². The molecule has 1 fully saturated rings. The van der Waals surface area contributed by atoms with E-state index in [1.54, 1.807) is 17.0 Å². The molecule has 1 aromatic carbocycles. The number of phenols is 1. The summed E-state index contributed by atoms with van der Waals surface area (Å²) in [6.07, 6.45) is 1.50. The van der Waals surface area contributed by atoms with E-state index in [1.165, 1.54) is 24.5 Å². The second-order valence-corrected chi connectivity index (χ2v) is 6.64. The largest absolute Gasteiger partial charge is 0.507 e. The average Bonchev–Trinajstić information content (AvgIpc) is 3.39. The molecule has 0 spiro atoms. The van der Waals surface area contributed by atoms with E-state index in [-0.39, 0.29) is 28.8 Å². The number of amides is 1. The number of furan rings is 1. The van der Waals surface area contributed by atoms with Gasteiger partial charge in [-0.05, 0) is 30.3 Å². The van der Waals surface area contributed by atoms with Gasteiger partial charge in [0, 0.05) is 31.2 Å². The van der Waals surface area contributed by atoms with Crippen LogP contribution in [0.15, 0.2) is 45.4 Å². The highest BCUT2D eigenvalue weighted by atomic mass is 35.5. The normalized spacial score (nSPS) is 14.1. The van der Waals surface area contributed by atoms with E-state index in [0.717, 1.165) is 0 Å². The molecule has 0 bridgehead atoms. The van der Waals surface area contributed by atoms with Crippen molar-refractivity contribution in [2.75, 3.05) is 31.1 Å². The van der Waals surface area contributed by atoms with Gasteiger partial charge in [0.1, 0.15) is 11.8 Å². The number of carbonyl (C=O) groups is 1. The van der Waals surface area contributed by atoms with Crippen molar-refractivity contribution in [1.29, 1.82) is 5.26 Å². The zero-order valence-electron chi connectivity index (χ0n) is 14.6. The predicted molar refractivity (Wildman–Crippen MR) is 100 cm³/mol. The minimum atomic E-state index is -0.297. The lowest BCUT2D eigenvalue weighted by Gasteiger charge is -2.34. The van der Waals surface area contributed by atoms with Crippen molar-refractivity contribution >= 4 is 23.4 Å². The zero-order chi connectivity index (χ0) is 19.7. The first kappa shape index (κ1) is 17.9. The second kappa shape index (κ2) is 7.29. The second-order valence-electron chi connectivity index (χ2n) is 6.20. The molecule has 8 nitrogen and oxygen atoms in total. The Balaban J connectivity index is 1.49. The third-order valence-electron chi connectivity index (χ3n) is 4.49. The number of aromatic hydroxyl groups is 1. The lowest BCUT2D eigenvalue weighted by Crippen LogP contribution is -2.48. The number of nitriles is 1. The predicted octanol–water partition coefficient (Wildman–Crippen LogP) is 3.13. The number of benzene rings is 1. The van der Waals surface area contributed by atoms with Crippen molar-refractivity contribution in [3.63, 3.8) is 0 Å². The highest BCUT2D eigenvalue weighted by Crippen LogP contribution is 2.29. The summed E-state index contributed by atoms with van der Waals surface area (Å²) in [7, 11) is 0. The van der Waals surface area contributed by atoms with Crippen LogP contribution in [0.4, 0.5) is 5.88 Å². The summed E-state index contributed by atoms with van der Waals surface area (Å²) >= 11 is 5.93. The van der Waals surface area contributed by atoms with E-state index in [0.29, 0.717) is 42.8 Å². The van der Waals surface area contributed by atoms with Crippen molar-refractivity contribution in [3.05, 3.63) is 52.9 Å². The number of halogens is 1. The molecule has 28 heavy (non-hydrogen) atoms. The number of carbonyl (C=O) groups excluding carboxylic acids is 1. The van der Waals surface area contributed by atoms with Gasteiger partial charge in [0.15, 0.2) is 5.76 Å². The lowest BCUT2D eigenvalue weighted by atomic mass is 10.1. The third-order valence-corrected chi connectivity index (χ3v) is 4.73. The van der Waals surface area contributed by atoms with Crippen LogP contribution < -0.4 is 4.90 Å². The molecule has 142 valence electrons. The third kappa shape index (κ3) is 3.28. The fourth-order valence-electron chi connectivity index (χ4n) is 3.07. The number of phenolic OH excluding ortho intramolecular Hbond substituents is 1. The van der Waals surface area contributed by atoms with Gasteiger partial charge in [-0.2, -0.15) is 10.2 Å². The van der Waals surface area contributed by atoms with Crippen LogP contribution >= 0.6 is 11.6 Å². The summed E-state index contributed by atoms with van der Waals surface area (Å²) in [5.74, 6) is 0.620. The lowest BCUT2D eigenvalue weighted by molar-refractivity contribution is 0.0742. The minimum absolute atomic E-state index is 0.109. The Morgan fingerprint density at radius 3 is 2.71 bits per heavy atom. The van der Waals surface area contributed by atoms with Crippen LogP contribution in [0, 0.1) is 11.3 Å². The SMILES string of the molecule is N#Cc1nc(-c2ccco2)oc1N1CCN(C(=O)c2cc(Cl)ccc2O)CC1. The Morgan fingerprint density at radius 2 is 2.04 bits per heavy atom. The van der Waals surface area contributed by atoms with Crippen molar-refractivity contribution < 1.29 is 18.7 Å². The molecule has 1 aliphatic heterocycles. The molecular formula is C19H15ClN4O4. The maximum absolute atomic E-state index is 12.7. The Hall–Kier alpha value is -3.44. The molecule has 3 heterocycles. The minimum Gasteiger partial charge on any atom is -0.507 e. The molecule has 0 atom stereocenters. The monoisotopic (exact) mass is 398 g/mol. The summed E-state index contributed by atoms with van der Waals surface area (Å²) in [4.78, 5) is 20.3. The standard InChI is InChI=1S/C19H15ClN4O4/c20-12-3-4-15(25)13(10-12)18(26)23-5-7-24(8-6-23)19-14(11-21)22-17(28-19)16-2-1-9-27-16/h1-4,9-10,25H,5-8H2. The molecule has 4 rings (SSSR count). The fraction of sp³-hybridized carbons (Fsp3) is 0.211. The van der Waals surface area contributed by atoms with Crippen LogP contribution in [0.1, 0.15) is 16.1 Å². The quantitative estimate of drug-likeness (QED) is 0.722. The van der Waals surface area contributed by atoms with Gasteiger partial charge < -0.3 is 23.7 Å². The van der Waals surface area contributed by atoms with Crippen LogP contribution in [0.2, 0.25) is 5.02 Å². The van der Waals surface area contributed by atoms with E-state index in [2.05, 4.69) is 4.98 Å². The van der Waals surface area contributed by atoms with Gasteiger partial charge in [-0.1, -0.05) is 11.6 Å². The molecule has 2 aromatic heterocycles. The van der Waals surface area contributed by atoms with E-state index in [9.17, 15) is 15.2 Å². The molecule has 0 saturated carbocycles. The fourth-order valence-corrected chi connectivity index (χ4v) is 3.24. The number of rotatable bonds is 3. The Bertz CT molecular complexity index is 1050. The highest BCUT2D eigenvalue weighted by molar-refractivity contribution is 6.31. The van der Waals surface area contributed by atoms with Crippen LogP contribution in [0.5, 0.6) is 5.75 Å². The number of oxazole rings is 1. The molecule has 0 unspecified atom stereocenters. The molecule has 1 saturated heterocycles. The maximum Gasteiger partial charge on any atom is 0.266 e. The van der Waals surface area contributed by atoms with Crippen LogP contribution in [0.25, 0.3) is 11.7 Å². The van der Waals surface area contributed by atoms with E-state index < -0.39 is 0 Å². The number of hydrogen-bond donors (Lipinski definition) is 1. The summed E-state index contributed by atoms with van der Waals surface area (Å²) in [5.41, 5.74) is 0.331. The maximum atomic E-state index is 12.7. The smallest absolute Gasteiger partial charge is 0.266 e. The van der Waals surface area contributed by atoms with Crippen LogP contribution in [0.3, 0.4) is 0 Å². The van der Waals surface area contributed by atoms with Gasteiger partial charge in [-0.3, -0.25) is 4.79 Å². The summed E-state index contributed by atoms with van der Waals surface area (Å²) in [6, 6.07) is 9.81. The van der Waals surface area contributed by atoms with E-state index >= 15 is 0 Å². The van der Waals surface area contributed by atoms with Gasteiger partial charge in [0.05, 0.1) is 11.8 Å². The summed E-state index contributed by atoms with van der Waals surface area (Å²) in [5, 5.41) is 19.7. The number of piperazine rings is 1. The van der Waals surface area contributed by atoms with Gasteiger partial charge in [0.25, 0.3) is 11.8 Å². The zero-order valence-corrected chi connectivity index (χ0v) is 15.4. The first-order valence-electron chi connectivity index (χ1n) is 8.54. The first-order chi connectivity index (χ1) is 13.6. The van der Waals surface area contributed by atoms with Gasteiger partial charge in [-0.25, -0.2) is 0 Å². The molecule has 0 radical (unpaired) electrons. The molecule has 1 aliphatic rings. The number of aromatic nitrogens is 1. The van der Waals surface area contributed by atoms with Crippen molar-refractivity contribution in [1.82, 2.24) is 9.88 Å². The molecule has 0 aliphatic carbocycles. The van der Waals surface area contributed by atoms with Crippen molar-refractivity contribution in [2.24, 2.45) is 0 Å². The number of nitrogens with zero attached hydrogens (tertiary/aromatic N) is 4. The van der Waals surface area contributed by atoms with Crippen LogP contribution in [-0.4, -0.2) is 47.1 Å². The molecular weight excluding hydrogens is 384 g/mol. The van der Waals surface area contributed by atoms with Crippen LogP contribution in [-0.2, 0) is 0 Å². The number of anilines is 1. The van der Waals surface area contributed by atoms with Crippen molar-refractivity contribution in [3.8, 4) is 23.5 Å². The molecule has 1 N–H and O–H groups in total. The molecule has 3 aromatic rings. The molecule has 1 amide bonds. The topological polar surface area (TPSA) is 107 Å². The Morgan fingerprint density at radius 1 is 1.25 bits per heavy atom. The highest BCUT2D eigenvalue weighted by Gasteiger charge is 2.28. The molecule has 9 heteroatoms. The Kier molecular flexibility index (Phi) is 4.67. The average molecular weight is 399 g/mol. The van der Waals surface area contributed by atoms with Gasteiger partial charge >= 0.3 is 0 Å². The van der Waals surface area contributed by atoms with E-state index in [1.807, 2.05) is 11.0 Å². The van der Waals surface area contributed by atoms with E-state index in [4.69, 9.17) is 20.4 Å². The number of hydrogen-bond acceptors (Lipinski definition) is 7.